The molecule has 1 aromatic carbocycles. The molecule has 2 heterocycles. The van der Waals surface area contributed by atoms with Gasteiger partial charge in [0.15, 0.2) is 11.3 Å². The predicted molar refractivity (Wildman–Crippen MR) is 79.3 cm³/mol. The smallest absolute Gasteiger partial charge is 0.416 e. The van der Waals surface area contributed by atoms with E-state index in [-0.39, 0.29) is 40.8 Å². The number of aromatic nitrogens is 2. The Balaban J connectivity index is 1.52. The molecule has 3 aromatic rings. The fourth-order valence-electron chi connectivity index (χ4n) is 2.17. The van der Waals surface area contributed by atoms with E-state index in [0.717, 1.165) is 25.0 Å². The zero-order chi connectivity index (χ0) is 17.6. The summed E-state index contributed by atoms with van der Waals surface area (Å²) in [6, 6.07) is 3.01. The minimum absolute atomic E-state index is 0.0376. The topological polar surface area (TPSA) is 93.2 Å². The lowest BCUT2D eigenvalue weighted by Crippen LogP contribution is -2.25. The van der Waals surface area contributed by atoms with Gasteiger partial charge in [0.2, 0.25) is 0 Å². The number of nitrogens with zero attached hydrogens (tertiary/aromatic N) is 2. The lowest BCUT2D eigenvalue weighted by molar-refractivity contribution is -0.137. The molecule has 0 atom stereocenters. The summed E-state index contributed by atoms with van der Waals surface area (Å²) in [5, 5.41) is 5.33. The first kappa shape index (κ1) is 15.5. The Bertz CT molecular complexity index is 943. The first-order valence-corrected chi connectivity index (χ1v) is 7.40. The summed E-state index contributed by atoms with van der Waals surface area (Å²) in [5.74, 6) is -0.355. The standard InChI is InChI=1S/C15H11F3N4O3/c16-15(17,18)7-1-4-11-9(5-7)20-14(25-11)22-13-21-10(6-24-13)12(23)19-8-2-3-8/h1,4-6,8H,2-3H2,(H,19,23)(H,20,21,22). The van der Waals surface area contributed by atoms with Crippen molar-refractivity contribution in [2.75, 3.05) is 5.32 Å². The molecule has 0 spiro atoms. The number of oxazole rings is 2. The number of carbonyl (C=O) groups excluding carboxylic acids is 1. The third-order valence-electron chi connectivity index (χ3n) is 3.58. The second kappa shape index (κ2) is 5.50. The molecule has 1 saturated carbocycles. The second-order valence-electron chi connectivity index (χ2n) is 5.61. The molecule has 25 heavy (non-hydrogen) atoms. The summed E-state index contributed by atoms with van der Waals surface area (Å²) in [4.78, 5) is 19.7. The van der Waals surface area contributed by atoms with E-state index in [9.17, 15) is 18.0 Å². The van der Waals surface area contributed by atoms with Gasteiger partial charge in [0, 0.05) is 6.04 Å². The van der Waals surface area contributed by atoms with Crippen LogP contribution >= 0.6 is 0 Å². The second-order valence-corrected chi connectivity index (χ2v) is 5.61. The number of halogens is 3. The molecule has 2 N–H and O–H groups in total. The molecule has 130 valence electrons. The van der Waals surface area contributed by atoms with Crippen LogP contribution in [-0.2, 0) is 6.18 Å². The van der Waals surface area contributed by atoms with Crippen molar-refractivity contribution in [2.45, 2.75) is 25.1 Å². The van der Waals surface area contributed by atoms with Crippen LogP contribution in [0.5, 0.6) is 0 Å². The van der Waals surface area contributed by atoms with Crippen LogP contribution in [-0.4, -0.2) is 21.9 Å². The normalized spacial score (nSPS) is 14.7. The third-order valence-corrected chi connectivity index (χ3v) is 3.58. The van der Waals surface area contributed by atoms with Crippen molar-refractivity contribution >= 4 is 29.0 Å². The summed E-state index contributed by atoms with van der Waals surface area (Å²) in [5.41, 5.74) is -0.524. The van der Waals surface area contributed by atoms with E-state index < -0.39 is 11.7 Å². The van der Waals surface area contributed by atoms with Crippen LogP contribution in [0.15, 0.2) is 33.3 Å². The van der Waals surface area contributed by atoms with Crippen LogP contribution in [0.3, 0.4) is 0 Å². The number of hydrogen-bond acceptors (Lipinski definition) is 6. The van der Waals surface area contributed by atoms with Crippen molar-refractivity contribution in [3.8, 4) is 0 Å². The average molecular weight is 352 g/mol. The van der Waals surface area contributed by atoms with Gasteiger partial charge in [-0.2, -0.15) is 23.1 Å². The molecule has 1 fully saturated rings. The van der Waals surface area contributed by atoms with Crippen LogP contribution in [0.2, 0.25) is 0 Å². The molecular weight excluding hydrogens is 341 g/mol. The number of hydrogen-bond donors (Lipinski definition) is 2. The summed E-state index contributed by atoms with van der Waals surface area (Å²) in [6.07, 6.45) is -1.41. The van der Waals surface area contributed by atoms with Gasteiger partial charge in [0.25, 0.3) is 5.91 Å². The van der Waals surface area contributed by atoms with E-state index >= 15 is 0 Å². The van der Waals surface area contributed by atoms with E-state index in [0.29, 0.717) is 0 Å². The average Bonchev–Trinajstić information content (AvgIpc) is 3.08. The Morgan fingerprint density at radius 2 is 2.00 bits per heavy atom. The highest BCUT2D eigenvalue weighted by atomic mass is 19.4. The maximum absolute atomic E-state index is 12.7. The van der Waals surface area contributed by atoms with Crippen molar-refractivity contribution in [1.29, 1.82) is 0 Å². The zero-order valence-corrected chi connectivity index (χ0v) is 12.6. The maximum atomic E-state index is 12.7. The van der Waals surface area contributed by atoms with Crippen molar-refractivity contribution in [2.24, 2.45) is 0 Å². The SMILES string of the molecule is O=C(NC1CC1)c1coc(Nc2nc3cc(C(F)(F)F)ccc3o2)n1. The van der Waals surface area contributed by atoms with Gasteiger partial charge in [0.05, 0.1) is 5.56 Å². The molecule has 0 unspecified atom stereocenters. The van der Waals surface area contributed by atoms with E-state index in [1.165, 1.54) is 12.3 Å². The molecular formula is C15H11F3N4O3. The highest BCUT2D eigenvalue weighted by molar-refractivity contribution is 5.92. The first-order valence-electron chi connectivity index (χ1n) is 7.40. The fourth-order valence-corrected chi connectivity index (χ4v) is 2.17. The van der Waals surface area contributed by atoms with Gasteiger partial charge in [-0.05, 0) is 31.0 Å². The van der Waals surface area contributed by atoms with Crippen molar-refractivity contribution < 1.29 is 26.8 Å². The summed E-state index contributed by atoms with van der Waals surface area (Å²) >= 11 is 0. The lowest BCUT2D eigenvalue weighted by atomic mass is 10.2. The van der Waals surface area contributed by atoms with E-state index in [1.807, 2.05) is 0 Å². The molecule has 4 rings (SSSR count). The summed E-state index contributed by atoms with van der Waals surface area (Å²) in [7, 11) is 0. The molecule has 7 nitrogen and oxygen atoms in total. The molecule has 1 aliphatic carbocycles. The number of alkyl halides is 3. The van der Waals surface area contributed by atoms with Gasteiger partial charge >= 0.3 is 18.2 Å². The molecule has 0 radical (unpaired) electrons. The molecule has 1 aliphatic rings. The fraction of sp³-hybridized carbons (Fsp3) is 0.267. The number of nitrogens with one attached hydrogen (secondary N) is 2. The monoisotopic (exact) mass is 352 g/mol. The Morgan fingerprint density at radius 1 is 1.20 bits per heavy atom. The van der Waals surface area contributed by atoms with Crippen molar-refractivity contribution in [3.05, 3.63) is 35.7 Å². The molecule has 0 aliphatic heterocycles. The number of benzene rings is 1. The minimum atomic E-state index is -4.47. The summed E-state index contributed by atoms with van der Waals surface area (Å²) in [6.45, 7) is 0. The summed E-state index contributed by atoms with van der Waals surface area (Å²) < 4.78 is 48.5. The largest absolute Gasteiger partial charge is 0.431 e. The Hall–Kier alpha value is -3.04. The molecule has 1 amide bonds. The van der Waals surface area contributed by atoms with Crippen LogP contribution in [0.25, 0.3) is 11.1 Å². The van der Waals surface area contributed by atoms with Gasteiger partial charge in [0.1, 0.15) is 11.8 Å². The molecule has 2 aromatic heterocycles. The van der Waals surface area contributed by atoms with Gasteiger partial charge in [-0.15, -0.1) is 0 Å². The number of fused-ring (bicyclic) bond motifs is 1. The van der Waals surface area contributed by atoms with Crippen LogP contribution in [0, 0.1) is 0 Å². The predicted octanol–water partition coefficient (Wildman–Crippen LogP) is 3.47. The number of anilines is 2. The highest BCUT2D eigenvalue weighted by Crippen LogP contribution is 2.32. The van der Waals surface area contributed by atoms with Gasteiger partial charge in [-0.3, -0.25) is 10.1 Å². The zero-order valence-electron chi connectivity index (χ0n) is 12.6. The minimum Gasteiger partial charge on any atom is -0.431 e. The Labute approximate surface area is 138 Å². The molecule has 10 heteroatoms. The van der Waals surface area contributed by atoms with E-state index in [2.05, 4.69) is 20.6 Å². The Morgan fingerprint density at radius 3 is 2.72 bits per heavy atom. The quantitative estimate of drug-likeness (QED) is 0.747. The van der Waals surface area contributed by atoms with E-state index in [4.69, 9.17) is 8.83 Å². The Kier molecular flexibility index (Phi) is 3.41. The van der Waals surface area contributed by atoms with E-state index in [1.54, 1.807) is 0 Å². The number of carbonyl (C=O) groups is 1. The van der Waals surface area contributed by atoms with Gasteiger partial charge in [-0.25, -0.2) is 0 Å². The highest BCUT2D eigenvalue weighted by Gasteiger charge is 2.31. The maximum Gasteiger partial charge on any atom is 0.416 e. The lowest BCUT2D eigenvalue weighted by Gasteiger charge is -2.04. The number of rotatable bonds is 4. The number of amides is 1. The molecule has 0 saturated heterocycles. The van der Waals surface area contributed by atoms with Crippen LogP contribution in [0.1, 0.15) is 28.9 Å². The van der Waals surface area contributed by atoms with Crippen LogP contribution in [0.4, 0.5) is 25.2 Å². The van der Waals surface area contributed by atoms with Crippen molar-refractivity contribution in [1.82, 2.24) is 15.3 Å². The van der Waals surface area contributed by atoms with Crippen molar-refractivity contribution in [3.63, 3.8) is 0 Å². The van der Waals surface area contributed by atoms with Gasteiger partial charge in [-0.1, -0.05) is 0 Å². The third kappa shape index (κ3) is 3.28. The first-order chi connectivity index (χ1) is 11.9. The molecule has 0 bridgehead atoms. The van der Waals surface area contributed by atoms with Crippen LogP contribution < -0.4 is 10.6 Å². The van der Waals surface area contributed by atoms with Gasteiger partial charge < -0.3 is 14.2 Å².